The van der Waals surface area contributed by atoms with Crippen LogP contribution in [0.3, 0.4) is 0 Å². The van der Waals surface area contributed by atoms with E-state index < -0.39 is 5.97 Å². The minimum atomic E-state index is -0.850. The molecular weight excluding hydrogens is 236 g/mol. The Hall–Kier alpha value is -1.10. The van der Waals surface area contributed by atoms with Gasteiger partial charge in [-0.25, -0.2) is 9.78 Å². The summed E-state index contributed by atoms with van der Waals surface area (Å²) in [6.07, 6.45) is 4.26. The molecule has 0 saturated heterocycles. The van der Waals surface area contributed by atoms with Gasteiger partial charge >= 0.3 is 5.97 Å². The molecule has 1 fully saturated rings. The highest BCUT2D eigenvalue weighted by atomic mass is 32.1. The first-order valence-electron chi connectivity index (χ1n) is 6.06. The number of hydrogen-bond acceptors (Lipinski definition) is 4. The molecule has 1 aromatic heterocycles. The van der Waals surface area contributed by atoms with Gasteiger partial charge in [0.15, 0.2) is 5.13 Å². The van der Waals surface area contributed by atoms with Crippen LogP contribution in [0.25, 0.3) is 0 Å². The highest BCUT2D eigenvalue weighted by Gasteiger charge is 2.25. The molecule has 1 saturated carbocycles. The predicted molar refractivity (Wildman–Crippen MR) is 69.1 cm³/mol. The molecule has 0 radical (unpaired) electrons. The summed E-state index contributed by atoms with van der Waals surface area (Å²) in [5, 5.41) is 9.98. The lowest BCUT2D eigenvalue weighted by Gasteiger charge is -2.14. The van der Waals surface area contributed by atoms with Crippen molar-refractivity contribution < 1.29 is 9.90 Å². The van der Waals surface area contributed by atoms with E-state index in [0.717, 1.165) is 36.1 Å². The van der Waals surface area contributed by atoms with Crippen molar-refractivity contribution in [2.24, 2.45) is 5.92 Å². The lowest BCUT2D eigenvalue weighted by molar-refractivity contribution is 0.0700. The number of carboxylic acids is 1. The average molecular weight is 254 g/mol. The topological polar surface area (TPSA) is 53.4 Å². The van der Waals surface area contributed by atoms with Gasteiger partial charge in [-0.1, -0.05) is 24.7 Å². The third-order valence-electron chi connectivity index (χ3n) is 2.92. The number of aromatic carboxylic acids is 1. The van der Waals surface area contributed by atoms with Crippen molar-refractivity contribution in [1.82, 2.24) is 4.98 Å². The third kappa shape index (κ3) is 2.97. The van der Waals surface area contributed by atoms with Crippen molar-refractivity contribution in [2.45, 2.75) is 32.6 Å². The summed E-state index contributed by atoms with van der Waals surface area (Å²) < 4.78 is 0. The van der Waals surface area contributed by atoms with Gasteiger partial charge in [0.2, 0.25) is 0 Å². The molecule has 17 heavy (non-hydrogen) atoms. The van der Waals surface area contributed by atoms with E-state index in [0.29, 0.717) is 4.88 Å². The van der Waals surface area contributed by atoms with Crippen LogP contribution in [0, 0.1) is 5.92 Å². The maximum atomic E-state index is 11.1. The molecule has 0 aliphatic heterocycles. The first kappa shape index (κ1) is 12.4. The highest BCUT2D eigenvalue weighted by molar-refractivity contribution is 7.17. The second-order valence-electron chi connectivity index (χ2n) is 4.65. The molecule has 1 N–H and O–H groups in total. The summed E-state index contributed by atoms with van der Waals surface area (Å²) in [6.45, 7) is 3.04. The Kier molecular flexibility index (Phi) is 3.66. The van der Waals surface area contributed by atoms with E-state index in [1.807, 2.05) is 14.0 Å². The van der Waals surface area contributed by atoms with Crippen LogP contribution in [-0.4, -0.2) is 29.7 Å². The normalized spacial score (nSPS) is 14.9. The second kappa shape index (κ2) is 5.04. The summed E-state index contributed by atoms with van der Waals surface area (Å²) >= 11 is 1.30. The fraction of sp³-hybridized carbons (Fsp3) is 0.667. The Morgan fingerprint density at radius 3 is 2.82 bits per heavy atom. The third-order valence-corrected chi connectivity index (χ3v) is 4.12. The molecule has 0 spiro atoms. The number of nitrogens with zero attached hydrogens (tertiary/aromatic N) is 2. The molecule has 0 aromatic carbocycles. The van der Waals surface area contributed by atoms with Crippen molar-refractivity contribution in [2.75, 3.05) is 18.5 Å². The van der Waals surface area contributed by atoms with Gasteiger partial charge in [0.1, 0.15) is 4.88 Å². The number of aryl methyl sites for hydroxylation is 1. The number of aromatic nitrogens is 1. The first-order valence-corrected chi connectivity index (χ1v) is 6.87. The van der Waals surface area contributed by atoms with E-state index >= 15 is 0 Å². The number of hydrogen-bond donors (Lipinski definition) is 1. The van der Waals surface area contributed by atoms with E-state index in [-0.39, 0.29) is 0 Å². The van der Waals surface area contributed by atoms with Gasteiger partial charge in [-0.15, -0.1) is 0 Å². The molecule has 0 bridgehead atoms. The van der Waals surface area contributed by atoms with Crippen molar-refractivity contribution in [3.8, 4) is 0 Å². The van der Waals surface area contributed by atoms with Crippen molar-refractivity contribution in [3.05, 3.63) is 10.6 Å². The quantitative estimate of drug-likeness (QED) is 0.848. The molecule has 4 nitrogen and oxygen atoms in total. The number of anilines is 1. The van der Waals surface area contributed by atoms with Gasteiger partial charge in [-0.2, -0.15) is 0 Å². The molecule has 94 valence electrons. The van der Waals surface area contributed by atoms with E-state index in [4.69, 9.17) is 5.11 Å². The lowest BCUT2D eigenvalue weighted by atomic mass is 10.2. The van der Waals surface area contributed by atoms with Crippen LogP contribution in [0.15, 0.2) is 0 Å². The fourth-order valence-electron chi connectivity index (χ4n) is 1.84. The molecule has 2 rings (SSSR count). The minimum Gasteiger partial charge on any atom is -0.477 e. The minimum absolute atomic E-state index is 0.407. The van der Waals surface area contributed by atoms with Crippen molar-refractivity contribution >= 4 is 22.4 Å². The van der Waals surface area contributed by atoms with Gasteiger partial charge in [-0.3, -0.25) is 0 Å². The predicted octanol–water partition coefficient (Wildman–Crippen LogP) is 2.64. The fourth-order valence-corrected chi connectivity index (χ4v) is 2.76. The zero-order valence-electron chi connectivity index (χ0n) is 10.3. The van der Waals surface area contributed by atoms with Crippen LogP contribution in [0.2, 0.25) is 0 Å². The Bertz CT molecular complexity index is 413. The standard InChI is InChI=1S/C12H18N2O2S/c1-3-4-9-10(11(15)16)17-12(13-9)14(2)7-8-5-6-8/h8H,3-7H2,1-2H3,(H,15,16). The van der Waals surface area contributed by atoms with Crippen LogP contribution >= 0.6 is 11.3 Å². The zero-order valence-corrected chi connectivity index (χ0v) is 11.1. The molecular formula is C12H18N2O2S. The summed E-state index contributed by atoms with van der Waals surface area (Å²) in [5.74, 6) is -0.0659. The van der Waals surface area contributed by atoms with Gasteiger partial charge < -0.3 is 10.0 Å². The Balaban J connectivity index is 2.15. The summed E-state index contributed by atoms with van der Waals surface area (Å²) in [5.41, 5.74) is 0.739. The van der Waals surface area contributed by atoms with Gasteiger partial charge in [0, 0.05) is 13.6 Å². The highest BCUT2D eigenvalue weighted by Crippen LogP contribution is 2.33. The van der Waals surface area contributed by atoms with Crippen LogP contribution in [0.1, 0.15) is 41.6 Å². The Morgan fingerprint density at radius 1 is 1.59 bits per heavy atom. The van der Waals surface area contributed by atoms with Crippen molar-refractivity contribution in [3.63, 3.8) is 0 Å². The SMILES string of the molecule is CCCc1nc(N(C)CC2CC2)sc1C(=O)O. The van der Waals surface area contributed by atoms with E-state index in [9.17, 15) is 4.79 Å². The molecule has 5 heteroatoms. The first-order chi connectivity index (χ1) is 8.11. The monoisotopic (exact) mass is 254 g/mol. The van der Waals surface area contributed by atoms with Gasteiger partial charge in [-0.05, 0) is 25.2 Å². The summed E-state index contributed by atoms with van der Waals surface area (Å²) in [6, 6.07) is 0. The van der Waals surface area contributed by atoms with Crippen LogP contribution in [0.5, 0.6) is 0 Å². The largest absolute Gasteiger partial charge is 0.477 e. The number of carbonyl (C=O) groups is 1. The van der Waals surface area contributed by atoms with E-state index in [1.54, 1.807) is 0 Å². The molecule has 1 aromatic rings. The summed E-state index contributed by atoms with van der Waals surface area (Å²) in [7, 11) is 2.00. The molecule has 1 aliphatic rings. The Labute approximate surface area is 105 Å². The second-order valence-corrected chi connectivity index (χ2v) is 5.63. The van der Waals surface area contributed by atoms with Gasteiger partial charge in [0.05, 0.1) is 5.69 Å². The number of thiazole rings is 1. The maximum Gasteiger partial charge on any atom is 0.347 e. The van der Waals surface area contributed by atoms with E-state index in [1.165, 1.54) is 24.2 Å². The smallest absolute Gasteiger partial charge is 0.347 e. The molecule has 1 aliphatic carbocycles. The molecule has 1 heterocycles. The molecule has 0 unspecified atom stereocenters. The van der Waals surface area contributed by atoms with Crippen LogP contribution in [-0.2, 0) is 6.42 Å². The molecule has 0 amide bonds. The van der Waals surface area contributed by atoms with Crippen LogP contribution in [0.4, 0.5) is 5.13 Å². The number of rotatable bonds is 6. The number of carboxylic acid groups (broad SMARTS) is 1. The maximum absolute atomic E-state index is 11.1. The summed E-state index contributed by atoms with van der Waals surface area (Å²) in [4.78, 5) is 18.1. The Morgan fingerprint density at radius 2 is 2.29 bits per heavy atom. The average Bonchev–Trinajstić information content (AvgIpc) is 2.96. The van der Waals surface area contributed by atoms with Crippen LogP contribution < -0.4 is 4.90 Å². The molecule has 0 atom stereocenters. The lowest BCUT2D eigenvalue weighted by Crippen LogP contribution is -2.19. The van der Waals surface area contributed by atoms with E-state index in [2.05, 4.69) is 9.88 Å². The zero-order chi connectivity index (χ0) is 12.4. The van der Waals surface area contributed by atoms with Gasteiger partial charge in [0.25, 0.3) is 0 Å². The van der Waals surface area contributed by atoms with Crippen molar-refractivity contribution in [1.29, 1.82) is 0 Å².